The van der Waals surface area contributed by atoms with Crippen LogP contribution in [0.4, 0.5) is 0 Å². The van der Waals surface area contributed by atoms with E-state index < -0.39 is 0 Å². The van der Waals surface area contributed by atoms with Crippen molar-refractivity contribution in [3.05, 3.63) is 53.3 Å². The van der Waals surface area contributed by atoms with Crippen molar-refractivity contribution in [1.29, 1.82) is 0 Å². The zero-order valence-electron chi connectivity index (χ0n) is 12.6. The maximum atomic E-state index is 5.94. The van der Waals surface area contributed by atoms with Gasteiger partial charge in [0.25, 0.3) is 0 Å². The summed E-state index contributed by atoms with van der Waals surface area (Å²) in [5.41, 5.74) is 3.37. The number of nitrogens with one attached hydrogen (secondary N) is 1. The molecule has 1 aromatic carbocycles. The number of aromatic nitrogens is 1. The van der Waals surface area contributed by atoms with Crippen molar-refractivity contribution in [3.63, 3.8) is 0 Å². The highest BCUT2D eigenvalue weighted by molar-refractivity contribution is 5.39. The molecule has 0 aliphatic heterocycles. The summed E-state index contributed by atoms with van der Waals surface area (Å²) in [5.74, 6) is 1.72. The average molecular weight is 270 g/mol. The van der Waals surface area contributed by atoms with Crippen LogP contribution in [0.2, 0.25) is 0 Å². The summed E-state index contributed by atoms with van der Waals surface area (Å²) >= 11 is 0. The minimum absolute atomic E-state index is 0.445. The van der Waals surface area contributed by atoms with Crippen molar-refractivity contribution in [1.82, 2.24) is 10.3 Å². The van der Waals surface area contributed by atoms with Gasteiger partial charge in [-0.2, -0.15) is 0 Å². The average Bonchev–Trinajstić information content (AvgIpc) is 2.40. The van der Waals surface area contributed by atoms with Crippen molar-refractivity contribution >= 4 is 0 Å². The monoisotopic (exact) mass is 270 g/mol. The van der Waals surface area contributed by atoms with Crippen molar-refractivity contribution in [2.24, 2.45) is 0 Å². The second-order valence-corrected chi connectivity index (χ2v) is 5.39. The number of ether oxygens (including phenoxy) is 1. The fourth-order valence-corrected chi connectivity index (χ4v) is 1.97. The summed E-state index contributed by atoms with van der Waals surface area (Å²) in [5, 5.41) is 3.35. The molecule has 0 radical (unpaired) electrons. The molecule has 0 aliphatic carbocycles. The first-order valence-electron chi connectivity index (χ1n) is 6.98. The van der Waals surface area contributed by atoms with E-state index in [0.29, 0.717) is 6.04 Å². The van der Waals surface area contributed by atoms with E-state index in [2.05, 4.69) is 50.1 Å². The Morgan fingerprint density at radius 2 is 1.95 bits per heavy atom. The van der Waals surface area contributed by atoms with Crippen LogP contribution in [0.15, 0.2) is 36.5 Å². The van der Waals surface area contributed by atoms with E-state index in [1.54, 1.807) is 6.20 Å². The van der Waals surface area contributed by atoms with Gasteiger partial charge in [0.2, 0.25) is 0 Å². The first kappa shape index (κ1) is 14.5. The van der Waals surface area contributed by atoms with E-state index in [0.717, 1.165) is 29.3 Å². The summed E-state index contributed by atoms with van der Waals surface area (Å²) < 4.78 is 5.94. The predicted octanol–water partition coefficient (Wildman–Crippen LogP) is 3.99. The lowest BCUT2D eigenvalue weighted by molar-refractivity contribution is 0.475. The van der Waals surface area contributed by atoms with Crippen molar-refractivity contribution in [3.8, 4) is 11.5 Å². The standard InChI is InChI=1S/C17H22N2O/c1-12(2)19-11-15-10-16(7-8-18-15)20-17-6-5-13(3)9-14(17)4/h5-10,12,19H,11H2,1-4H3. The van der Waals surface area contributed by atoms with Gasteiger partial charge in [-0.25, -0.2) is 0 Å². The van der Waals surface area contributed by atoms with Gasteiger partial charge in [-0.15, -0.1) is 0 Å². The van der Waals surface area contributed by atoms with Crippen molar-refractivity contribution in [2.45, 2.75) is 40.3 Å². The number of rotatable bonds is 5. The highest BCUT2D eigenvalue weighted by Crippen LogP contribution is 2.25. The third kappa shape index (κ3) is 4.07. The minimum atomic E-state index is 0.445. The smallest absolute Gasteiger partial charge is 0.130 e. The lowest BCUT2D eigenvalue weighted by atomic mass is 10.1. The molecule has 1 heterocycles. The molecule has 0 unspecified atom stereocenters. The van der Waals surface area contributed by atoms with Gasteiger partial charge in [0.15, 0.2) is 0 Å². The van der Waals surface area contributed by atoms with E-state index in [1.165, 1.54) is 5.56 Å². The Balaban J connectivity index is 2.11. The molecule has 0 amide bonds. The summed E-state index contributed by atoms with van der Waals surface area (Å²) in [6, 6.07) is 10.5. The van der Waals surface area contributed by atoms with Crippen LogP contribution in [0.5, 0.6) is 11.5 Å². The molecule has 1 N–H and O–H groups in total. The van der Waals surface area contributed by atoms with Gasteiger partial charge in [0.1, 0.15) is 11.5 Å². The quantitative estimate of drug-likeness (QED) is 0.892. The lowest BCUT2D eigenvalue weighted by Gasteiger charge is -2.11. The predicted molar refractivity (Wildman–Crippen MR) is 82.2 cm³/mol. The number of hydrogen-bond donors (Lipinski definition) is 1. The summed E-state index contributed by atoms with van der Waals surface area (Å²) in [6.07, 6.45) is 1.79. The van der Waals surface area contributed by atoms with Crippen LogP contribution in [-0.2, 0) is 6.54 Å². The largest absolute Gasteiger partial charge is 0.457 e. The Labute approximate surface area is 121 Å². The third-order valence-corrected chi connectivity index (χ3v) is 3.04. The lowest BCUT2D eigenvalue weighted by Crippen LogP contribution is -2.22. The van der Waals surface area contributed by atoms with Crippen LogP contribution in [0.25, 0.3) is 0 Å². The molecule has 0 atom stereocenters. The molecule has 20 heavy (non-hydrogen) atoms. The van der Waals surface area contributed by atoms with E-state index in [4.69, 9.17) is 4.74 Å². The molecular weight excluding hydrogens is 248 g/mol. The maximum absolute atomic E-state index is 5.94. The van der Waals surface area contributed by atoms with Gasteiger partial charge < -0.3 is 10.1 Å². The SMILES string of the molecule is Cc1ccc(Oc2ccnc(CNC(C)C)c2)c(C)c1. The van der Waals surface area contributed by atoms with Crippen molar-refractivity contribution < 1.29 is 4.74 Å². The Kier molecular flexibility index (Phi) is 4.74. The number of nitrogens with zero attached hydrogens (tertiary/aromatic N) is 1. The van der Waals surface area contributed by atoms with Crippen LogP contribution >= 0.6 is 0 Å². The summed E-state index contributed by atoms with van der Waals surface area (Å²) in [6.45, 7) is 9.14. The van der Waals surface area contributed by atoms with E-state index in [9.17, 15) is 0 Å². The highest BCUT2D eigenvalue weighted by atomic mass is 16.5. The van der Waals surface area contributed by atoms with Gasteiger partial charge >= 0.3 is 0 Å². The van der Waals surface area contributed by atoms with Gasteiger partial charge in [0, 0.05) is 24.8 Å². The molecular formula is C17H22N2O. The molecule has 0 saturated heterocycles. The third-order valence-electron chi connectivity index (χ3n) is 3.04. The van der Waals surface area contributed by atoms with E-state index in [1.807, 2.05) is 18.2 Å². The van der Waals surface area contributed by atoms with Crippen LogP contribution in [0, 0.1) is 13.8 Å². The molecule has 0 bridgehead atoms. The molecule has 0 aliphatic rings. The van der Waals surface area contributed by atoms with Crippen LogP contribution in [-0.4, -0.2) is 11.0 Å². The first-order valence-corrected chi connectivity index (χ1v) is 6.98. The van der Waals surface area contributed by atoms with E-state index in [-0.39, 0.29) is 0 Å². The van der Waals surface area contributed by atoms with Gasteiger partial charge in [0.05, 0.1) is 5.69 Å². The maximum Gasteiger partial charge on any atom is 0.130 e. The Morgan fingerprint density at radius 1 is 1.15 bits per heavy atom. The number of aryl methyl sites for hydroxylation is 2. The number of benzene rings is 1. The second-order valence-electron chi connectivity index (χ2n) is 5.39. The van der Waals surface area contributed by atoms with Crippen LogP contribution in [0.1, 0.15) is 30.7 Å². The Bertz CT molecular complexity index is 579. The van der Waals surface area contributed by atoms with Gasteiger partial charge in [-0.05, 0) is 31.5 Å². The molecule has 3 nitrogen and oxygen atoms in total. The fourth-order valence-electron chi connectivity index (χ4n) is 1.97. The molecule has 3 heteroatoms. The number of pyridine rings is 1. The molecule has 2 rings (SSSR count). The Morgan fingerprint density at radius 3 is 2.65 bits per heavy atom. The normalized spacial score (nSPS) is 10.8. The highest BCUT2D eigenvalue weighted by Gasteiger charge is 2.04. The first-order chi connectivity index (χ1) is 9.54. The molecule has 0 fully saturated rings. The van der Waals surface area contributed by atoms with Gasteiger partial charge in [-0.3, -0.25) is 4.98 Å². The molecule has 0 spiro atoms. The van der Waals surface area contributed by atoms with E-state index >= 15 is 0 Å². The van der Waals surface area contributed by atoms with Gasteiger partial charge in [-0.1, -0.05) is 31.5 Å². The summed E-state index contributed by atoms with van der Waals surface area (Å²) in [7, 11) is 0. The van der Waals surface area contributed by atoms with Crippen LogP contribution in [0.3, 0.4) is 0 Å². The summed E-state index contributed by atoms with van der Waals surface area (Å²) in [4.78, 5) is 4.35. The zero-order chi connectivity index (χ0) is 14.5. The van der Waals surface area contributed by atoms with Crippen LogP contribution < -0.4 is 10.1 Å². The number of hydrogen-bond acceptors (Lipinski definition) is 3. The second kappa shape index (κ2) is 6.53. The molecule has 0 saturated carbocycles. The molecule has 106 valence electrons. The molecule has 2 aromatic rings. The Hall–Kier alpha value is -1.87. The fraction of sp³-hybridized carbons (Fsp3) is 0.353. The molecule has 1 aromatic heterocycles. The topological polar surface area (TPSA) is 34.1 Å². The van der Waals surface area contributed by atoms with Crippen molar-refractivity contribution in [2.75, 3.05) is 0 Å². The minimum Gasteiger partial charge on any atom is -0.457 e. The zero-order valence-corrected chi connectivity index (χ0v) is 12.6.